The van der Waals surface area contributed by atoms with Gasteiger partial charge in [0.1, 0.15) is 11.2 Å². The predicted octanol–water partition coefficient (Wildman–Crippen LogP) is 3.16. The Balaban J connectivity index is 1.93. The molecule has 1 fully saturated rings. The number of fused-ring (bicyclic) bond motifs is 1. The zero-order chi connectivity index (χ0) is 17.8. The van der Waals surface area contributed by atoms with Crippen molar-refractivity contribution in [3.8, 4) is 0 Å². The van der Waals surface area contributed by atoms with Crippen LogP contribution in [0.4, 0.5) is 0 Å². The minimum absolute atomic E-state index is 0.109. The topological polar surface area (TPSA) is 76.3 Å². The number of aromatic nitrogens is 2. The van der Waals surface area contributed by atoms with Crippen LogP contribution in [0, 0.1) is 6.92 Å². The van der Waals surface area contributed by atoms with Gasteiger partial charge in [0.15, 0.2) is 0 Å². The molecule has 1 aliphatic carbocycles. The van der Waals surface area contributed by atoms with E-state index in [4.69, 9.17) is 0 Å². The Kier molecular flexibility index (Phi) is 5.26. The lowest BCUT2D eigenvalue weighted by molar-refractivity contribution is 0.0953. The predicted molar refractivity (Wildman–Crippen MR) is 99.0 cm³/mol. The molecule has 2 aromatic rings. The van der Waals surface area contributed by atoms with Crippen molar-refractivity contribution in [3.63, 3.8) is 0 Å². The van der Waals surface area contributed by atoms with Gasteiger partial charge in [-0.25, -0.2) is 10.4 Å². The van der Waals surface area contributed by atoms with E-state index in [0.717, 1.165) is 37.1 Å². The first-order valence-electron chi connectivity index (χ1n) is 8.96. The second-order valence-electron chi connectivity index (χ2n) is 6.51. The summed E-state index contributed by atoms with van der Waals surface area (Å²) in [5.74, 6) is -0.452. The van der Waals surface area contributed by atoms with E-state index in [-0.39, 0.29) is 11.0 Å². The second-order valence-corrected chi connectivity index (χ2v) is 6.51. The van der Waals surface area contributed by atoms with E-state index < -0.39 is 5.91 Å². The summed E-state index contributed by atoms with van der Waals surface area (Å²) in [6.45, 7) is 4.47. The highest BCUT2D eigenvalue weighted by Gasteiger charge is 2.16. The Labute approximate surface area is 147 Å². The van der Waals surface area contributed by atoms with E-state index in [9.17, 15) is 9.59 Å². The van der Waals surface area contributed by atoms with Gasteiger partial charge in [0.25, 0.3) is 5.91 Å². The third kappa shape index (κ3) is 3.78. The van der Waals surface area contributed by atoms with Crippen molar-refractivity contribution in [1.82, 2.24) is 15.0 Å². The Morgan fingerprint density at radius 2 is 1.96 bits per heavy atom. The second kappa shape index (κ2) is 7.59. The number of carbonyl (C=O) groups excluding carboxylic acids is 1. The van der Waals surface area contributed by atoms with Crippen LogP contribution in [0.3, 0.4) is 0 Å². The molecule has 0 radical (unpaired) electrons. The minimum Gasteiger partial charge on any atom is -0.332 e. The summed E-state index contributed by atoms with van der Waals surface area (Å²) >= 11 is 0. The van der Waals surface area contributed by atoms with Crippen LogP contribution < -0.4 is 10.9 Å². The van der Waals surface area contributed by atoms with Gasteiger partial charge >= 0.3 is 0 Å². The molecule has 1 saturated carbocycles. The molecular formula is C19H24N4O2. The van der Waals surface area contributed by atoms with Crippen LogP contribution >= 0.6 is 0 Å². The Hall–Kier alpha value is -2.50. The fraction of sp³-hybridized carbons (Fsp3) is 0.474. The molecule has 1 N–H and O–H groups in total. The average Bonchev–Trinajstić information content (AvgIpc) is 2.89. The summed E-state index contributed by atoms with van der Waals surface area (Å²) in [5.41, 5.74) is 4.85. The largest absolute Gasteiger partial charge is 0.332 e. The number of amides is 1. The molecule has 0 atom stereocenters. The molecule has 0 aromatic carbocycles. The van der Waals surface area contributed by atoms with Crippen LogP contribution in [0.25, 0.3) is 11.0 Å². The van der Waals surface area contributed by atoms with E-state index in [1.54, 1.807) is 18.3 Å². The maximum Gasteiger partial charge on any atom is 0.276 e. The van der Waals surface area contributed by atoms with Gasteiger partial charge in [-0.2, -0.15) is 5.10 Å². The third-order valence-corrected chi connectivity index (χ3v) is 4.64. The molecule has 1 amide bonds. The van der Waals surface area contributed by atoms with Crippen LogP contribution in [0.15, 0.2) is 28.2 Å². The number of carbonyl (C=O) groups is 1. The van der Waals surface area contributed by atoms with Gasteiger partial charge in [0.2, 0.25) is 5.43 Å². The fourth-order valence-electron chi connectivity index (χ4n) is 3.20. The monoisotopic (exact) mass is 340 g/mol. The van der Waals surface area contributed by atoms with Gasteiger partial charge in [0, 0.05) is 24.1 Å². The van der Waals surface area contributed by atoms with Gasteiger partial charge < -0.3 is 4.57 Å². The van der Waals surface area contributed by atoms with E-state index >= 15 is 0 Å². The normalized spacial score (nSPS) is 15.0. The smallest absolute Gasteiger partial charge is 0.276 e. The van der Waals surface area contributed by atoms with Crippen molar-refractivity contribution in [2.45, 2.75) is 58.9 Å². The lowest BCUT2D eigenvalue weighted by Crippen LogP contribution is -2.28. The maximum atomic E-state index is 12.7. The standard InChI is InChI=1S/C19H24N4O2/c1-3-23-12-16(17(24)15-11-10-13(2)20-18(15)23)19(25)22-21-14-8-6-4-5-7-9-14/h10-12H,3-9H2,1-2H3,(H,22,25). The third-order valence-electron chi connectivity index (χ3n) is 4.64. The number of rotatable bonds is 3. The number of nitrogens with one attached hydrogen (secondary N) is 1. The first-order valence-corrected chi connectivity index (χ1v) is 8.96. The van der Waals surface area contributed by atoms with Crippen molar-refractivity contribution in [2.75, 3.05) is 0 Å². The number of hydrazone groups is 1. The van der Waals surface area contributed by atoms with Crippen molar-refractivity contribution >= 4 is 22.7 Å². The van der Waals surface area contributed by atoms with Crippen LogP contribution in [0.1, 0.15) is 61.5 Å². The lowest BCUT2D eigenvalue weighted by atomic mass is 10.1. The van der Waals surface area contributed by atoms with Gasteiger partial charge in [-0.3, -0.25) is 9.59 Å². The molecular weight excluding hydrogens is 316 g/mol. The van der Waals surface area contributed by atoms with Gasteiger partial charge in [-0.05, 0) is 51.7 Å². The van der Waals surface area contributed by atoms with Crippen LogP contribution in [-0.4, -0.2) is 21.2 Å². The molecule has 6 heteroatoms. The quantitative estimate of drug-likeness (QED) is 0.689. The first-order chi connectivity index (χ1) is 12.1. The Morgan fingerprint density at radius 1 is 1.24 bits per heavy atom. The van der Waals surface area contributed by atoms with Crippen molar-refractivity contribution in [2.24, 2.45) is 5.10 Å². The zero-order valence-corrected chi connectivity index (χ0v) is 14.8. The zero-order valence-electron chi connectivity index (χ0n) is 14.8. The molecule has 1 aliphatic rings. The number of pyridine rings is 2. The lowest BCUT2D eigenvalue weighted by Gasteiger charge is -2.11. The first kappa shape index (κ1) is 17.3. The van der Waals surface area contributed by atoms with E-state index in [0.29, 0.717) is 17.6 Å². The summed E-state index contributed by atoms with van der Waals surface area (Å²) in [5, 5.41) is 4.72. The van der Waals surface area contributed by atoms with Crippen LogP contribution in [0.5, 0.6) is 0 Å². The maximum absolute atomic E-state index is 12.7. The number of hydrogen-bond donors (Lipinski definition) is 1. The molecule has 0 saturated heterocycles. The summed E-state index contributed by atoms with van der Waals surface area (Å²) in [6, 6.07) is 3.53. The molecule has 2 aromatic heterocycles. The molecule has 0 unspecified atom stereocenters. The van der Waals surface area contributed by atoms with Crippen molar-refractivity contribution in [1.29, 1.82) is 0 Å². The summed E-state index contributed by atoms with van der Waals surface area (Å²) in [7, 11) is 0. The van der Waals surface area contributed by atoms with Gasteiger partial charge in [-0.15, -0.1) is 0 Å². The summed E-state index contributed by atoms with van der Waals surface area (Å²) in [4.78, 5) is 29.7. The molecule has 0 bridgehead atoms. The van der Waals surface area contributed by atoms with E-state index in [1.165, 1.54) is 12.8 Å². The van der Waals surface area contributed by atoms with Crippen molar-refractivity contribution < 1.29 is 4.79 Å². The molecule has 3 rings (SSSR count). The highest BCUT2D eigenvalue weighted by atomic mass is 16.2. The highest BCUT2D eigenvalue weighted by Crippen LogP contribution is 2.15. The molecule has 6 nitrogen and oxygen atoms in total. The average molecular weight is 340 g/mol. The number of hydrogen-bond acceptors (Lipinski definition) is 4. The number of nitrogens with zero attached hydrogens (tertiary/aromatic N) is 3. The van der Waals surface area contributed by atoms with Crippen molar-refractivity contribution in [3.05, 3.63) is 39.8 Å². The Morgan fingerprint density at radius 3 is 2.64 bits per heavy atom. The summed E-state index contributed by atoms with van der Waals surface area (Å²) < 4.78 is 1.83. The van der Waals surface area contributed by atoms with Gasteiger partial charge in [-0.1, -0.05) is 12.8 Å². The minimum atomic E-state index is -0.452. The van der Waals surface area contributed by atoms with Crippen LogP contribution in [-0.2, 0) is 6.54 Å². The SMILES string of the molecule is CCn1cc(C(=O)NN=C2CCCCCC2)c(=O)c2ccc(C)nc21. The van der Waals surface area contributed by atoms with E-state index in [1.807, 2.05) is 18.4 Å². The molecule has 0 aliphatic heterocycles. The molecule has 2 heterocycles. The Bertz CT molecular complexity index is 873. The fourth-order valence-corrected chi connectivity index (χ4v) is 3.20. The molecule has 132 valence electrons. The van der Waals surface area contributed by atoms with Gasteiger partial charge in [0.05, 0.1) is 5.39 Å². The molecule has 0 spiro atoms. The van der Waals surface area contributed by atoms with E-state index in [2.05, 4.69) is 15.5 Å². The highest BCUT2D eigenvalue weighted by molar-refractivity contribution is 5.97. The molecule has 25 heavy (non-hydrogen) atoms. The summed E-state index contributed by atoms with van der Waals surface area (Å²) in [6.07, 6.45) is 8.06. The van der Waals surface area contributed by atoms with Crippen LogP contribution in [0.2, 0.25) is 0 Å². The number of aryl methyl sites for hydroxylation is 2.